The van der Waals surface area contributed by atoms with Crippen LogP contribution in [-0.2, 0) is 24.0 Å². The van der Waals surface area contributed by atoms with Gasteiger partial charge in [0.1, 0.15) is 23.8 Å². The van der Waals surface area contributed by atoms with Crippen LogP contribution in [0.1, 0.15) is 103 Å². The van der Waals surface area contributed by atoms with Gasteiger partial charge in [0.05, 0.1) is 12.2 Å². The molecule has 6 atom stereocenters. The number of ketones is 1. The molecule has 4 rings (SSSR count). The zero-order valence-corrected chi connectivity index (χ0v) is 27.6. The number of aromatic nitrogens is 2. The first-order valence-corrected chi connectivity index (χ1v) is 16.7. The first-order valence-electron chi connectivity index (χ1n) is 16.7. The molecular formula is C33H49N7O6. The molecule has 2 saturated carbocycles. The number of Topliss-reactive ketones (excluding diaryl/α,β-unsaturated/α-hetero) is 1. The SMILES string of the molecule is CCC[C@H](NC(=O)c1cnccn1)C(=O)N[C@H](C(=O)N1CC2CCCC2[C@H]1C(=O)N[C@@H](CCC)C(=O)C(=O)NC1CC1)C(C)(C)C. The number of hydrogen-bond acceptors (Lipinski definition) is 8. The van der Waals surface area contributed by atoms with Gasteiger partial charge in [-0.05, 0) is 55.8 Å². The van der Waals surface area contributed by atoms with E-state index in [4.69, 9.17) is 0 Å². The molecule has 2 aliphatic carbocycles. The third-order valence-corrected chi connectivity index (χ3v) is 9.18. The highest BCUT2D eigenvalue weighted by Gasteiger charge is 2.52. The Bertz CT molecular complexity index is 1290. The van der Waals surface area contributed by atoms with Crippen molar-refractivity contribution in [2.75, 3.05) is 6.54 Å². The van der Waals surface area contributed by atoms with E-state index in [1.165, 1.54) is 18.6 Å². The average molecular weight is 640 g/mol. The van der Waals surface area contributed by atoms with E-state index in [1.807, 2.05) is 34.6 Å². The molecule has 1 saturated heterocycles. The number of hydrogen-bond donors (Lipinski definition) is 4. The number of carbonyl (C=O) groups is 6. The minimum absolute atomic E-state index is 0.0124. The van der Waals surface area contributed by atoms with Crippen LogP contribution >= 0.6 is 0 Å². The number of nitrogens with one attached hydrogen (secondary N) is 4. The lowest BCUT2D eigenvalue weighted by atomic mass is 9.85. The number of rotatable bonds is 14. The zero-order chi connectivity index (χ0) is 33.6. The first kappa shape index (κ1) is 35.0. The Morgan fingerprint density at radius 3 is 2.22 bits per heavy atom. The molecule has 1 aliphatic heterocycles. The van der Waals surface area contributed by atoms with Crippen LogP contribution in [0.15, 0.2) is 18.6 Å². The summed E-state index contributed by atoms with van der Waals surface area (Å²) in [6.07, 6.45) is 10.2. The molecule has 13 heteroatoms. The molecule has 46 heavy (non-hydrogen) atoms. The molecule has 1 aromatic heterocycles. The lowest BCUT2D eigenvalue weighted by Gasteiger charge is -2.37. The fraction of sp³-hybridized carbons (Fsp3) is 0.697. The maximum atomic E-state index is 14.4. The van der Waals surface area contributed by atoms with Crippen molar-refractivity contribution in [2.24, 2.45) is 17.3 Å². The van der Waals surface area contributed by atoms with Gasteiger partial charge in [-0.1, -0.05) is 53.9 Å². The Balaban J connectivity index is 1.52. The monoisotopic (exact) mass is 639 g/mol. The number of likely N-dealkylation sites (tertiary alicyclic amines) is 1. The second kappa shape index (κ2) is 15.1. The smallest absolute Gasteiger partial charge is 0.289 e. The van der Waals surface area contributed by atoms with Gasteiger partial charge in [-0.2, -0.15) is 0 Å². The highest BCUT2D eigenvalue weighted by atomic mass is 16.2. The lowest BCUT2D eigenvalue weighted by molar-refractivity contribution is -0.146. The van der Waals surface area contributed by atoms with E-state index >= 15 is 0 Å². The first-order chi connectivity index (χ1) is 21.8. The second-order valence-electron chi connectivity index (χ2n) is 14.0. The fourth-order valence-electron chi connectivity index (χ4n) is 6.59. The van der Waals surface area contributed by atoms with Crippen LogP contribution < -0.4 is 21.3 Å². The van der Waals surface area contributed by atoms with E-state index in [2.05, 4.69) is 31.2 Å². The maximum Gasteiger partial charge on any atom is 0.289 e. The minimum Gasteiger partial charge on any atom is -0.347 e. The predicted octanol–water partition coefficient (Wildman–Crippen LogP) is 1.67. The highest BCUT2D eigenvalue weighted by molar-refractivity contribution is 6.38. The van der Waals surface area contributed by atoms with Crippen molar-refractivity contribution < 1.29 is 28.8 Å². The summed E-state index contributed by atoms with van der Waals surface area (Å²) in [6.45, 7) is 9.64. The van der Waals surface area contributed by atoms with Gasteiger partial charge in [0.25, 0.3) is 11.8 Å². The Morgan fingerprint density at radius 1 is 0.913 bits per heavy atom. The zero-order valence-electron chi connectivity index (χ0n) is 27.6. The molecule has 3 aliphatic rings. The Morgan fingerprint density at radius 2 is 1.61 bits per heavy atom. The molecule has 0 radical (unpaired) electrons. The summed E-state index contributed by atoms with van der Waals surface area (Å²) in [5.74, 6) is -3.24. The number of amides is 5. The summed E-state index contributed by atoms with van der Waals surface area (Å²) in [6, 6.07) is -3.72. The van der Waals surface area contributed by atoms with Crippen molar-refractivity contribution in [3.8, 4) is 0 Å². The largest absolute Gasteiger partial charge is 0.347 e. The molecule has 3 fully saturated rings. The normalized spacial score (nSPS) is 22.6. The molecule has 2 heterocycles. The van der Waals surface area contributed by atoms with E-state index < -0.39 is 64.9 Å². The van der Waals surface area contributed by atoms with E-state index in [1.54, 1.807) is 4.90 Å². The van der Waals surface area contributed by atoms with Gasteiger partial charge >= 0.3 is 0 Å². The Labute approximate surface area is 270 Å². The average Bonchev–Trinajstić information content (AvgIpc) is 3.58. The molecule has 1 aromatic rings. The number of fused-ring (bicyclic) bond motifs is 1. The van der Waals surface area contributed by atoms with Crippen LogP contribution in [0.25, 0.3) is 0 Å². The van der Waals surface area contributed by atoms with E-state index in [9.17, 15) is 28.8 Å². The van der Waals surface area contributed by atoms with Crippen molar-refractivity contribution in [1.29, 1.82) is 0 Å². The van der Waals surface area contributed by atoms with Gasteiger partial charge in [-0.3, -0.25) is 33.8 Å². The molecule has 252 valence electrons. The van der Waals surface area contributed by atoms with E-state index in [-0.39, 0.29) is 23.6 Å². The Kier molecular flexibility index (Phi) is 11.5. The summed E-state index contributed by atoms with van der Waals surface area (Å²) >= 11 is 0. The lowest BCUT2D eigenvalue weighted by Crippen LogP contribution is -2.61. The third-order valence-electron chi connectivity index (χ3n) is 9.18. The summed E-state index contributed by atoms with van der Waals surface area (Å²) in [4.78, 5) is 89.9. The quantitative estimate of drug-likeness (QED) is 0.222. The predicted molar refractivity (Wildman–Crippen MR) is 169 cm³/mol. The fourth-order valence-corrected chi connectivity index (χ4v) is 6.59. The van der Waals surface area contributed by atoms with Crippen LogP contribution in [-0.4, -0.2) is 86.9 Å². The van der Waals surface area contributed by atoms with Crippen molar-refractivity contribution in [2.45, 2.75) is 123 Å². The van der Waals surface area contributed by atoms with Crippen LogP contribution in [0.4, 0.5) is 0 Å². The molecule has 0 aromatic carbocycles. The summed E-state index contributed by atoms with van der Waals surface area (Å²) in [5.41, 5.74) is -0.666. The van der Waals surface area contributed by atoms with Crippen LogP contribution in [0.3, 0.4) is 0 Å². The van der Waals surface area contributed by atoms with E-state index in [0.717, 1.165) is 32.1 Å². The maximum absolute atomic E-state index is 14.4. The van der Waals surface area contributed by atoms with Gasteiger partial charge in [0.15, 0.2) is 0 Å². The minimum atomic E-state index is -1.00. The Hall–Kier alpha value is -3.90. The molecule has 0 spiro atoms. The van der Waals surface area contributed by atoms with Crippen molar-refractivity contribution in [3.63, 3.8) is 0 Å². The topological polar surface area (TPSA) is 180 Å². The molecule has 13 nitrogen and oxygen atoms in total. The molecule has 4 N–H and O–H groups in total. The van der Waals surface area contributed by atoms with Crippen LogP contribution in [0, 0.1) is 17.3 Å². The van der Waals surface area contributed by atoms with Gasteiger partial charge < -0.3 is 26.2 Å². The molecule has 5 amide bonds. The number of nitrogens with zero attached hydrogens (tertiary/aromatic N) is 3. The standard InChI is InChI=1S/C33H49N7O6/c1-6-9-22(26(41)31(45)36-20-13-14-20)37-30(44)25-21-12-8-11-19(21)18-40(25)32(46)27(33(3,4)5)39-28(42)23(10-7-2)38-29(43)24-17-34-15-16-35-24/h15-17,19-23,25,27H,6-14,18H2,1-5H3,(H,36,45)(H,37,44)(H,38,43)(H,39,42)/t19?,21?,22-,23-,25-,27+/m0/s1. The van der Waals surface area contributed by atoms with Crippen LogP contribution in [0.2, 0.25) is 0 Å². The number of carbonyl (C=O) groups excluding carboxylic acids is 6. The summed E-state index contributed by atoms with van der Waals surface area (Å²) in [7, 11) is 0. The van der Waals surface area contributed by atoms with Gasteiger partial charge in [-0.15, -0.1) is 0 Å². The van der Waals surface area contributed by atoms with Crippen molar-refractivity contribution in [3.05, 3.63) is 24.3 Å². The third kappa shape index (κ3) is 8.47. The van der Waals surface area contributed by atoms with Crippen molar-refractivity contribution >= 4 is 35.3 Å². The molecule has 2 unspecified atom stereocenters. The summed E-state index contributed by atoms with van der Waals surface area (Å²) in [5, 5.41) is 11.2. The van der Waals surface area contributed by atoms with Gasteiger partial charge in [-0.25, -0.2) is 4.98 Å². The second-order valence-corrected chi connectivity index (χ2v) is 14.0. The van der Waals surface area contributed by atoms with Crippen molar-refractivity contribution in [1.82, 2.24) is 36.1 Å². The van der Waals surface area contributed by atoms with Crippen LogP contribution in [0.5, 0.6) is 0 Å². The van der Waals surface area contributed by atoms with Gasteiger partial charge in [0, 0.05) is 25.0 Å². The highest BCUT2D eigenvalue weighted by Crippen LogP contribution is 2.43. The summed E-state index contributed by atoms with van der Waals surface area (Å²) < 4.78 is 0. The van der Waals surface area contributed by atoms with Gasteiger partial charge in [0.2, 0.25) is 23.5 Å². The van der Waals surface area contributed by atoms with E-state index in [0.29, 0.717) is 32.2 Å². The molecule has 0 bridgehead atoms. The molecular weight excluding hydrogens is 590 g/mol.